The Morgan fingerprint density at radius 3 is 2.65 bits per heavy atom. The summed E-state index contributed by atoms with van der Waals surface area (Å²) in [6.45, 7) is 3.77. The molecule has 2 aromatic rings. The van der Waals surface area contributed by atoms with E-state index in [0.717, 1.165) is 16.8 Å². The molecule has 3 nitrogen and oxygen atoms in total. The van der Waals surface area contributed by atoms with E-state index in [1.165, 1.54) is 0 Å². The van der Waals surface area contributed by atoms with E-state index < -0.39 is 0 Å². The van der Waals surface area contributed by atoms with E-state index in [1.54, 1.807) is 12.1 Å². The molecule has 2 aromatic carbocycles. The number of benzene rings is 2. The number of halogens is 1. The molecule has 1 unspecified atom stereocenters. The van der Waals surface area contributed by atoms with Gasteiger partial charge in [-0.2, -0.15) is 0 Å². The highest BCUT2D eigenvalue weighted by atomic mass is 35.5. The van der Waals surface area contributed by atoms with Crippen molar-refractivity contribution >= 4 is 28.9 Å². The number of rotatable bonds is 3. The molecule has 0 aliphatic heterocycles. The van der Waals surface area contributed by atoms with Crippen LogP contribution in [0.25, 0.3) is 0 Å². The van der Waals surface area contributed by atoms with Crippen LogP contribution in [0.2, 0.25) is 5.02 Å². The first-order valence-electron chi connectivity index (χ1n) is 6.40. The highest BCUT2D eigenvalue weighted by Crippen LogP contribution is 2.23. The fraction of sp³-hybridized carbons (Fsp3) is 0.188. The van der Waals surface area contributed by atoms with Crippen LogP contribution in [0.4, 0.5) is 11.4 Å². The van der Waals surface area contributed by atoms with Crippen LogP contribution < -0.4 is 11.1 Å². The summed E-state index contributed by atoms with van der Waals surface area (Å²) in [6.07, 6.45) is 0. The predicted molar refractivity (Wildman–Crippen MR) is 84.1 cm³/mol. The molecule has 0 aliphatic rings. The molecule has 0 bridgehead atoms. The first-order chi connectivity index (χ1) is 9.47. The molecule has 0 saturated heterocycles. The van der Waals surface area contributed by atoms with Crippen LogP contribution in [0, 0.1) is 6.92 Å². The molecule has 2 rings (SSSR count). The van der Waals surface area contributed by atoms with Crippen molar-refractivity contribution in [3.05, 3.63) is 58.6 Å². The highest BCUT2D eigenvalue weighted by Gasteiger charge is 2.16. The number of nitrogens with one attached hydrogen (secondary N) is 1. The molecular weight excluding hydrogens is 272 g/mol. The van der Waals surface area contributed by atoms with E-state index >= 15 is 0 Å². The lowest BCUT2D eigenvalue weighted by Gasteiger charge is -2.14. The van der Waals surface area contributed by atoms with Gasteiger partial charge in [-0.25, -0.2) is 0 Å². The van der Waals surface area contributed by atoms with Crippen LogP contribution in [-0.2, 0) is 4.79 Å². The zero-order valence-corrected chi connectivity index (χ0v) is 12.2. The summed E-state index contributed by atoms with van der Waals surface area (Å²) >= 11 is 5.90. The van der Waals surface area contributed by atoms with Crippen molar-refractivity contribution in [1.29, 1.82) is 0 Å². The topological polar surface area (TPSA) is 55.1 Å². The summed E-state index contributed by atoms with van der Waals surface area (Å²) in [4.78, 5) is 12.3. The SMILES string of the molecule is Cc1cc(Cl)ccc1NC(=O)C(C)c1cccc(N)c1. The molecule has 1 amide bonds. The van der Waals surface area contributed by atoms with Gasteiger partial charge in [0.25, 0.3) is 0 Å². The monoisotopic (exact) mass is 288 g/mol. The second-order valence-electron chi connectivity index (χ2n) is 4.84. The molecule has 3 N–H and O–H groups in total. The molecule has 0 radical (unpaired) electrons. The third-order valence-corrected chi connectivity index (χ3v) is 3.49. The molecule has 0 saturated carbocycles. The summed E-state index contributed by atoms with van der Waals surface area (Å²) in [7, 11) is 0. The lowest BCUT2D eigenvalue weighted by atomic mass is 9.99. The summed E-state index contributed by atoms with van der Waals surface area (Å²) < 4.78 is 0. The number of hydrogen-bond donors (Lipinski definition) is 2. The lowest BCUT2D eigenvalue weighted by Crippen LogP contribution is -2.19. The average molecular weight is 289 g/mol. The predicted octanol–water partition coefficient (Wildman–Crippen LogP) is 3.97. The first-order valence-corrected chi connectivity index (χ1v) is 6.77. The van der Waals surface area contributed by atoms with Gasteiger partial charge in [0, 0.05) is 16.4 Å². The molecule has 4 heteroatoms. The molecule has 0 aromatic heterocycles. The Balaban J connectivity index is 2.15. The number of nitrogens with two attached hydrogens (primary N) is 1. The maximum absolute atomic E-state index is 12.3. The second-order valence-corrected chi connectivity index (χ2v) is 5.28. The van der Waals surface area contributed by atoms with E-state index in [2.05, 4.69) is 5.32 Å². The van der Waals surface area contributed by atoms with Gasteiger partial charge in [0.2, 0.25) is 5.91 Å². The third kappa shape index (κ3) is 3.31. The van der Waals surface area contributed by atoms with Gasteiger partial charge in [-0.3, -0.25) is 4.79 Å². The van der Waals surface area contributed by atoms with Crippen LogP contribution in [0.1, 0.15) is 24.0 Å². The molecule has 0 fully saturated rings. The van der Waals surface area contributed by atoms with Crippen LogP contribution >= 0.6 is 11.6 Å². The molecular formula is C16H17ClN2O. The van der Waals surface area contributed by atoms with Gasteiger partial charge >= 0.3 is 0 Å². The van der Waals surface area contributed by atoms with Gasteiger partial charge in [0.05, 0.1) is 5.92 Å². The number of nitrogen functional groups attached to an aromatic ring is 1. The number of anilines is 2. The lowest BCUT2D eigenvalue weighted by molar-refractivity contribution is -0.117. The van der Waals surface area contributed by atoms with Crippen molar-refractivity contribution in [2.45, 2.75) is 19.8 Å². The largest absolute Gasteiger partial charge is 0.399 e. The summed E-state index contributed by atoms with van der Waals surface area (Å²) in [5.74, 6) is -0.338. The van der Waals surface area contributed by atoms with E-state index in [1.807, 2.05) is 44.2 Å². The Labute approximate surface area is 123 Å². The van der Waals surface area contributed by atoms with Gasteiger partial charge in [-0.05, 0) is 55.3 Å². The van der Waals surface area contributed by atoms with Crippen molar-refractivity contribution in [3.8, 4) is 0 Å². The van der Waals surface area contributed by atoms with Crippen molar-refractivity contribution in [3.63, 3.8) is 0 Å². The van der Waals surface area contributed by atoms with Gasteiger partial charge in [0.1, 0.15) is 0 Å². The summed E-state index contributed by atoms with van der Waals surface area (Å²) in [5.41, 5.74) is 9.01. The first kappa shape index (κ1) is 14.4. The quantitative estimate of drug-likeness (QED) is 0.840. The minimum Gasteiger partial charge on any atom is -0.399 e. The fourth-order valence-corrected chi connectivity index (χ4v) is 2.21. The number of carbonyl (C=O) groups excluding carboxylic acids is 1. The number of hydrogen-bond acceptors (Lipinski definition) is 2. The minimum absolute atomic E-state index is 0.0685. The zero-order chi connectivity index (χ0) is 14.7. The maximum Gasteiger partial charge on any atom is 0.231 e. The van der Waals surface area contributed by atoms with Crippen LogP contribution in [0.15, 0.2) is 42.5 Å². The van der Waals surface area contributed by atoms with Crippen molar-refractivity contribution in [1.82, 2.24) is 0 Å². The van der Waals surface area contributed by atoms with Gasteiger partial charge < -0.3 is 11.1 Å². The number of amides is 1. The molecule has 1 atom stereocenters. The van der Waals surface area contributed by atoms with Crippen LogP contribution in [-0.4, -0.2) is 5.91 Å². The number of aryl methyl sites for hydroxylation is 1. The van der Waals surface area contributed by atoms with E-state index in [0.29, 0.717) is 10.7 Å². The van der Waals surface area contributed by atoms with E-state index in [9.17, 15) is 4.79 Å². The second kappa shape index (κ2) is 5.97. The molecule has 104 valence electrons. The fourth-order valence-electron chi connectivity index (χ4n) is 1.99. The van der Waals surface area contributed by atoms with E-state index in [4.69, 9.17) is 17.3 Å². The molecule has 0 heterocycles. The Kier molecular flexibility index (Phi) is 4.30. The third-order valence-electron chi connectivity index (χ3n) is 3.25. The molecule has 20 heavy (non-hydrogen) atoms. The Bertz CT molecular complexity index is 640. The maximum atomic E-state index is 12.3. The average Bonchev–Trinajstić information content (AvgIpc) is 2.41. The Morgan fingerprint density at radius 2 is 2.00 bits per heavy atom. The Hall–Kier alpha value is -2.00. The molecule has 0 aliphatic carbocycles. The van der Waals surface area contributed by atoms with Crippen molar-refractivity contribution < 1.29 is 4.79 Å². The number of carbonyl (C=O) groups is 1. The smallest absolute Gasteiger partial charge is 0.231 e. The molecule has 0 spiro atoms. The van der Waals surface area contributed by atoms with Crippen LogP contribution in [0.3, 0.4) is 0 Å². The minimum atomic E-state index is -0.270. The van der Waals surface area contributed by atoms with E-state index in [-0.39, 0.29) is 11.8 Å². The summed E-state index contributed by atoms with van der Waals surface area (Å²) in [5, 5.41) is 3.57. The highest BCUT2D eigenvalue weighted by molar-refractivity contribution is 6.30. The Morgan fingerprint density at radius 1 is 1.25 bits per heavy atom. The normalized spacial score (nSPS) is 11.9. The van der Waals surface area contributed by atoms with Gasteiger partial charge in [-0.1, -0.05) is 23.7 Å². The van der Waals surface area contributed by atoms with Crippen LogP contribution in [0.5, 0.6) is 0 Å². The van der Waals surface area contributed by atoms with Gasteiger partial charge in [-0.15, -0.1) is 0 Å². The standard InChI is InChI=1S/C16H17ClN2O/c1-10-8-13(17)6-7-15(10)19-16(20)11(2)12-4-3-5-14(18)9-12/h3-9,11H,18H2,1-2H3,(H,19,20). The van der Waals surface area contributed by atoms with Gasteiger partial charge in [0.15, 0.2) is 0 Å². The van der Waals surface area contributed by atoms with Crippen molar-refractivity contribution in [2.75, 3.05) is 11.1 Å². The summed E-state index contributed by atoms with van der Waals surface area (Å²) in [6, 6.07) is 12.8. The van der Waals surface area contributed by atoms with Crippen molar-refractivity contribution in [2.24, 2.45) is 0 Å². The zero-order valence-electron chi connectivity index (χ0n) is 11.5.